The summed E-state index contributed by atoms with van der Waals surface area (Å²) in [6.07, 6.45) is 3.18. The van der Waals surface area contributed by atoms with Crippen LogP contribution in [0, 0.1) is 5.92 Å². The van der Waals surface area contributed by atoms with Crippen LogP contribution in [0.3, 0.4) is 0 Å². The van der Waals surface area contributed by atoms with Gasteiger partial charge in [0.05, 0.1) is 6.61 Å². The van der Waals surface area contributed by atoms with Crippen LogP contribution in [0.1, 0.15) is 61.8 Å². The molecule has 23 heavy (non-hydrogen) atoms. The molecule has 0 heterocycles. The molecule has 0 fully saturated rings. The highest BCUT2D eigenvalue weighted by atomic mass is 28.4. The van der Waals surface area contributed by atoms with Crippen LogP contribution < -0.4 is 0 Å². The smallest absolute Gasteiger partial charge is 0.331 e. The molecule has 0 aromatic carbocycles. The third kappa shape index (κ3) is 6.90. The number of esters is 1. The van der Waals surface area contributed by atoms with Crippen molar-refractivity contribution >= 4 is 20.3 Å². The first-order chi connectivity index (χ1) is 10.5. The summed E-state index contributed by atoms with van der Waals surface area (Å²) in [5.74, 6) is -0.450. The van der Waals surface area contributed by atoms with E-state index in [1.54, 1.807) is 0 Å². The number of ether oxygens (including phenoxy) is 1. The van der Waals surface area contributed by atoms with Crippen LogP contribution in [0.15, 0.2) is 12.2 Å². The van der Waals surface area contributed by atoms with Gasteiger partial charge in [-0.25, -0.2) is 9.59 Å². The van der Waals surface area contributed by atoms with Crippen LogP contribution in [-0.4, -0.2) is 26.9 Å². The van der Waals surface area contributed by atoms with E-state index >= 15 is 0 Å². The van der Waals surface area contributed by atoms with Gasteiger partial charge in [0.15, 0.2) is 0 Å². The Hall–Kier alpha value is -1.10. The molecule has 0 atom stereocenters. The van der Waals surface area contributed by atoms with Crippen LogP contribution in [0.4, 0.5) is 0 Å². The fourth-order valence-electron chi connectivity index (χ4n) is 3.14. The van der Waals surface area contributed by atoms with Gasteiger partial charge in [-0.1, -0.05) is 55.4 Å². The van der Waals surface area contributed by atoms with E-state index in [-0.39, 0.29) is 0 Å². The lowest BCUT2D eigenvalue weighted by molar-refractivity contribution is -0.138. The van der Waals surface area contributed by atoms with Gasteiger partial charge in [0.25, 0.3) is 8.32 Å². The zero-order valence-corrected chi connectivity index (χ0v) is 17.0. The molecular weight excluding hydrogens is 308 g/mol. The van der Waals surface area contributed by atoms with Gasteiger partial charge >= 0.3 is 11.9 Å². The number of hydrogen-bond acceptors (Lipinski definition) is 4. The molecule has 0 N–H and O–H groups in total. The van der Waals surface area contributed by atoms with Crippen LogP contribution in [0.25, 0.3) is 0 Å². The molecule has 0 aliphatic rings. The Morgan fingerprint density at radius 2 is 1.26 bits per heavy atom. The largest absolute Gasteiger partial charge is 0.515 e. The van der Waals surface area contributed by atoms with Crippen molar-refractivity contribution in [2.75, 3.05) is 6.61 Å². The van der Waals surface area contributed by atoms with E-state index in [1.165, 1.54) is 12.2 Å². The van der Waals surface area contributed by atoms with Crippen molar-refractivity contribution in [3.8, 4) is 0 Å². The highest BCUT2D eigenvalue weighted by Gasteiger charge is 2.47. The summed E-state index contributed by atoms with van der Waals surface area (Å²) in [7, 11) is -2.26. The Bertz CT molecular complexity index is 389. The maximum Gasteiger partial charge on any atom is 0.331 e. The first kappa shape index (κ1) is 21.9. The zero-order valence-electron chi connectivity index (χ0n) is 16.0. The van der Waals surface area contributed by atoms with E-state index in [4.69, 9.17) is 9.16 Å². The van der Waals surface area contributed by atoms with Crippen molar-refractivity contribution in [3.05, 3.63) is 12.2 Å². The first-order valence-corrected chi connectivity index (χ1v) is 10.8. The first-order valence-electron chi connectivity index (χ1n) is 8.61. The van der Waals surface area contributed by atoms with Crippen molar-refractivity contribution < 1.29 is 18.8 Å². The molecule has 5 heteroatoms. The van der Waals surface area contributed by atoms with Gasteiger partial charge in [0.2, 0.25) is 0 Å². The van der Waals surface area contributed by atoms with E-state index in [0.29, 0.717) is 29.1 Å². The topological polar surface area (TPSA) is 52.6 Å². The maximum atomic E-state index is 12.2. The standard InChI is InChI=1S/C18H34O4Si/c1-13(2)11-12-21-17(19)9-10-18(20)22-23(14(3)4,15(5)6)16(7)8/h9-10,13-16H,11-12H2,1-8H3/b10-9+. The number of carbonyl (C=O) groups excluding carboxylic acids is 2. The Morgan fingerprint density at radius 1 is 0.826 bits per heavy atom. The molecule has 0 aliphatic carbocycles. The highest BCUT2D eigenvalue weighted by Crippen LogP contribution is 2.42. The second-order valence-electron chi connectivity index (χ2n) is 7.42. The Labute approximate surface area is 142 Å². The van der Waals surface area contributed by atoms with Gasteiger partial charge < -0.3 is 9.16 Å². The Kier molecular flexibility index (Phi) is 9.43. The molecular formula is C18H34O4Si. The van der Waals surface area contributed by atoms with Crippen molar-refractivity contribution in [2.24, 2.45) is 5.92 Å². The SMILES string of the molecule is CC(C)CCOC(=O)/C=C/C(=O)O[Si](C(C)C)(C(C)C)C(C)C. The molecule has 0 aromatic heterocycles. The lowest BCUT2D eigenvalue weighted by atomic mass is 10.1. The lowest BCUT2D eigenvalue weighted by Gasteiger charge is -2.40. The third-order valence-corrected chi connectivity index (χ3v) is 10.2. The summed E-state index contributed by atoms with van der Waals surface area (Å²) >= 11 is 0. The summed E-state index contributed by atoms with van der Waals surface area (Å²) in [5, 5.41) is 0. The van der Waals surface area contributed by atoms with Crippen molar-refractivity contribution in [1.82, 2.24) is 0 Å². The van der Waals surface area contributed by atoms with E-state index in [2.05, 4.69) is 55.4 Å². The molecule has 0 bridgehead atoms. The normalized spacial score (nSPS) is 12.7. The van der Waals surface area contributed by atoms with Gasteiger partial charge in [-0.3, -0.25) is 0 Å². The quantitative estimate of drug-likeness (QED) is 0.341. The second-order valence-corrected chi connectivity index (χ2v) is 12.8. The van der Waals surface area contributed by atoms with Crippen LogP contribution in [0.2, 0.25) is 16.6 Å². The summed E-state index contributed by atoms with van der Waals surface area (Å²) in [5.41, 5.74) is 0.952. The summed E-state index contributed by atoms with van der Waals surface area (Å²) in [6, 6.07) is 0. The van der Waals surface area contributed by atoms with Crippen LogP contribution in [-0.2, 0) is 18.8 Å². The molecule has 0 radical (unpaired) electrons. The number of carbonyl (C=O) groups is 2. The molecule has 0 saturated heterocycles. The summed E-state index contributed by atoms with van der Waals surface area (Å²) in [6.45, 7) is 17.2. The van der Waals surface area contributed by atoms with Gasteiger partial charge in [0.1, 0.15) is 0 Å². The molecule has 0 rings (SSSR count). The highest BCUT2D eigenvalue weighted by molar-refractivity contribution is 6.79. The molecule has 0 spiro atoms. The number of rotatable bonds is 9. The minimum absolute atomic E-state index is 0.317. The van der Waals surface area contributed by atoms with Crippen LogP contribution in [0.5, 0.6) is 0 Å². The molecule has 0 unspecified atom stereocenters. The molecule has 0 amide bonds. The predicted molar refractivity (Wildman–Crippen MR) is 96.7 cm³/mol. The maximum absolute atomic E-state index is 12.2. The fraction of sp³-hybridized carbons (Fsp3) is 0.778. The fourth-order valence-corrected chi connectivity index (χ4v) is 8.26. The molecule has 0 aliphatic heterocycles. The van der Waals surface area contributed by atoms with Crippen molar-refractivity contribution in [2.45, 2.75) is 78.4 Å². The van der Waals surface area contributed by atoms with Gasteiger partial charge in [-0.15, -0.1) is 0 Å². The monoisotopic (exact) mass is 342 g/mol. The second kappa shape index (κ2) is 9.91. The van der Waals surface area contributed by atoms with Crippen molar-refractivity contribution in [3.63, 3.8) is 0 Å². The zero-order chi connectivity index (χ0) is 18.2. The van der Waals surface area contributed by atoms with Gasteiger partial charge in [0, 0.05) is 12.2 Å². The minimum Gasteiger partial charge on any atom is -0.515 e. The van der Waals surface area contributed by atoms with E-state index < -0.39 is 20.3 Å². The van der Waals surface area contributed by atoms with Crippen LogP contribution >= 0.6 is 0 Å². The molecule has 0 aromatic rings. The summed E-state index contributed by atoms with van der Waals surface area (Å²) in [4.78, 5) is 23.8. The van der Waals surface area contributed by atoms with E-state index in [9.17, 15) is 9.59 Å². The van der Waals surface area contributed by atoms with E-state index in [0.717, 1.165) is 6.42 Å². The predicted octanol–water partition coefficient (Wildman–Crippen LogP) is 4.85. The Morgan fingerprint density at radius 3 is 1.65 bits per heavy atom. The summed E-state index contributed by atoms with van der Waals surface area (Å²) < 4.78 is 11.0. The molecule has 4 nitrogen and oxygen atoms in total. The minimum atomic E-state index is -2.26. The van der Waals surface area contributed by atoms with Gasteiger partial charge in [-0.2, -0.15) is 0 Å². The van der Waals surface area contributed by atoms with Crippen molar-refractivity contribution in [1.29, 1.82) is 0 Å². The molecule has 134 valence electrons. The average Bonchev–Trinajstić information content (AvgIpc) is 2.40. The Balaban J connectivity index is 4.77. The number of hydrogen-bond donors (Lipinski definition) is 0. The average molecular weight is 343 g/mol. The molecule has 0 saturated carbocycles. The van der Waals surface area contributed by atoms with Gasteiger partial charge in [-0.05, 0) is 29.0 Å². The lowest BCUT2D eigenvalue weighted by Crippen LogP contribution is -2.49. The third-order valence-electron chi connectivity index (χ3n) is 4.28. The van der Waals surface area contributed by atoms with E-state index in [1.807, 2.05) is 0 Å².